The third-order valence-electron chi connectivity index (χ3n) is 4.16. The summed E-state index contributed by atoms with van der Waals surface area (Å²) in [6, 6.07) is 4.01. The van der Waals surface area contributed by atoms with Crippen molar-refractivity contribution in [3.05, 3.63) is 51.3 Å². The van der Waals surface area contributed by atoms with Gasteiger partial charge in [0.1, 0.15) is 11.4 Å². The number of carbonyl (C=O) groups excluding carboxylic acids is 3. The van der Waals surface area contributed by atoms with Crippen molar-refractivity contribution in [1.82, 2.24) is 15.8 Å². The molecule has 0 bridgehead atoms. The van der Waals surface area contributed by atoms with Crippen molar-refractivity contribution in [2.45, 2.75) is 26.2 Å². The number of phenols is 1. The fourth-order valence-corrected chi connectivity index (χ4v) is 3.11. The van der Waals surface area contributed by atoms with E-state index in [1.807, 2.05) is 0 Å². The highest BCUT2D eigenvalue weighted by atomic mass is 35.5. The Labute approximate surface area is 148 Å². The van der Waals surface area contributed by atoms with Crippen LogP contribution in [0.1, 0.15) is 55.3 Å². The Morgan fingerprint density at radius 1 is 1.20 bits per heavy atom. The minimum absolute atomic E-state index is 0.0157. The van der Waals surface area contributed by atoms with Crippen molar-refractivity contribution in [2.24, 2.45) is 0 Å². The molecule has 2 amide bonds. The number of aromatic nitrogens is 1. The number of aryl methyl sites for hydroxylation is 1. The van der Waals surface area contributed by atoms with Crippen LogP contribution in [-0.4, -0.2) is 27.7 Å². The maximum atomic E-state index is 12.3. The SMILES string of the molecule is Cc1c(C(=O)NNC(=O)c2cc(Cl)ccc2O)[nH]c2c1C(=O)CCC2. The highest BCUT2D eigenvalue weighted by Gasteiger charge is 2.26. The number of H-pyrrole nitrogens is 1. The van der Waals surface area contributed by atoms with E-state index in [4.69, 9.17) is 11.6 Å². The number of halogens is 1. The van der Waals surface area contributed by atoms with E-state index in [9.17, 15) is 19.5 Å². The highest BCUT2D eigenvalue weighted by molar-refractivity contribution is 6.31. The van der Waals surface area contributed by atoms with Crippen LogP contribution in [0.25, 0.3) is 0 Å². The molecule has 0 unspecified atom stereocenters. The Bertz CT molecular complexity index is 888. The van der Waals surface area contributed by atoms with Crippen LogP contribution in [0.4, 0.5) is 0 Å². The fourth-order valence-electron chi connectivity index (χ4n) is 2.93. The molecule has 0 atom stereocenters. The fraction of sp³-hybridized carbons (Fsp3) is 0.235. The van der Waals surface area contributed by atoms with Crippen molar-refractivity contribution < 1.29 is 19.5 Å². The highest BCUT2D eigenvalue weighted by Crippen LogP contribution is 2.26. The molecule has 1 aromatic heterocycles. The number of nitrogens with one attached hydrogen (secondary N) is 3. The number of hydrazine groups is 1. The van der Waals surface area contributed by atoms with E-state index in [2.05, 4.69) is 15.8 Å². The second kappa shape index (κ2) is 6.60. The van der Waals surface area contributed by atoms with Gasteiger partial charge in [-0.25, -0.2) is 0 Å². The Hall–Kier alpha value is -2.80. The minimum Gasteiger partial charge on any atom is -0.507 e. The van der Waals surface area contributed by atoms with Crippen LogP contribution in [0.2, 0.25) is 5.02 Å². The van der Waals surface area contributed by atoms with Gasteiger partial charge in [-0.2, -0.15) is 0 Å². The molecule has 8 heteroatoms. The van der Waals surface area contributed by atoms with Gasteiger partial charge in [-0.05, 0) is 43.5 Å². The van der Waals surface area contributed by atoms with E-state index in [1.165, 1.54) is 18.2 Å². The van der Waals surface area contributed by atoms with Gasteiger partial charge in [0, 0.05) is 22.7 Å². The van der Waals surface area contributed by atoms with E-state index in [0.29, 0.717) is 24.0 Å². The number of amides is 2. The number of aromatic hydroxyl groups is 1. The number of benzene rings is 1. The molecule has 3 rings (SSSR count). The van der Waals surface area contributed by atoms with Crippen LogP contribution in [0.15, 0.2) is 18.2 Å². The minimum atomic E-state index is -0.710. The zero-order valence-corrected chi connectivity index (χ0v) is 14.2. The molecule has 130 valence electrons. The smallest absolute Gasteiger partial charge is 0.286 e. The van der Waals surface area contributed by atoms with Crippen LogP contribution in [0.3, 0.4) is 0 Å². The average Bonchev–Trinajstić information content (AvgIpc) is 2.93. The molecule has 4 N–H and O–H groups in total. The Kier molecular flexibility index (Phi) is 4.50. The van der Waals surface area contributed by atoms with Gasteiger partial charge in [-0.1, -0.05) is 11.6 Å². The third-order valence-corrected chi connectivity index (χ3v) is 4.39. The van der Waals surface area contributed by atoms with Gasteiger partial charge >= 0.3 is 0 Å². The van der Waals surface area contributed by atoms with Gasteiger partial charge in [0.15, 0.2) is 5.78 Å². The summed E-state index contributed by atoms with van der Waals surface area (Å²) in [5, 5.41) is 9.97. The van der Waals surface area contributed by atoms with Crippen molar-refractivity contribution in [2.75, 3.05) is 0 Å². The van der Waals surface area contributed by atoms with Gasteiger partial charge in [0.2, 0.25) is 0 Å². The summed E-state index contributed by atoms with van der Waals surface area (Å²) in [6.07, 6.45) is 1.92. The van der Waals surface area contributed by atoms with Gasteiger partial charge < -0.3 is 10.1 Å². The molecule has 1 heterocycles. The summed E-state index contributed by atoms with van der Waals surface area (Å²) in [5.74, 6) is -1.52. The summed E-state index contributed by atoms with van der Waals surface area (Å²) in [4.78, 5) is 39.4. The molecule has 2 aromatic rings. The second-order valence-electron chi connectivity index (χ2n) is 5.83. The Balaban J connectivity index is 1.74. The number of fused-ring (bicyclic) bond motifs is 1. The lowest BCUT2D eigenvalue weighted by molar-refractivity contribution is 0.0842. The molecule has 0 aliphatic heterocycles. The summed E-state index contributed by atoms with van der Waals surface area (Å²) in [7, 11) is 0. The molecule has 1 aromatic carbocycles. The van der Waals surface area contributed by atoms with Crippen LogP contribution in [0.5, 0.6) is 5.75 Å². The van der Waals surface area contributed by atoms with E-state index >= 15 is 0 Å². The van der Waals surface area contributed by atoms with Crippen molar-refractivity contribution in [3.8, 4) is 5.75 Å². The third kappa shape index (κ3) is 3.23. The van der Waals surface area contributed by atoms with E-state index in [-0.39, 0.29) is 27.8 Å². The summed E-state index contributed by atoms with van der Waals surface area (Å²) in [5.41, 5.74) is 6.54. The first-order chi connectivity index (χ1) is 11.9. The number of ketones is 1. The largest absolute Gasteiger partial charge is 0.507 e. The van der Waals surface area contributed by atoms with Crippen LogP contribution in [0, 0.1) is 6.92 Å². The second-order valence-corrected chi connectivity index (χ2v) is 6.26. The number of hydrogen-bond donors (Lipinski definition) is 4. The molecule has 0 saturated heterocycles. The van der Waals surface area contributed by atoms with Gasteiger partial charge in [0.05, 0.1) is 5.56 Å². The maximum absolute atomic E-state index is 12.3. The Morgan fingerprint density at radius 2 is 1.92 bits per heavy atom. The number of Topliss-reactive ketones (excluding diaryl/α,β-unsaturated/α-hetero) is 1. The molecule has 1 aliphatic rings. The van der Waals surface area contributed by atoms with E-state index in [1.54, 1.807) is 6.92 Å². The van der Waals surface area contributed by atoms with E-state index in [0.717, 1.165) is 12.1 Å². The first kappa shape index (κ1) is 17.0. The monoisotopic (exact) mass is 361 g/mol. The van der Waals surface area contributed by atoms with Gasteiger partial charge in [-0.3, -0.25) is 25.2 Å². The lowest BCUT2D eigenvalue weighted by Crippen LogP contribution is -2.42. The normalized spacial score (nSPS) is 13.3. The van der Waals surface area contributed by atoms with Crippen molar-refractivity contribution in [3.63, 3.8) is 0 Å². The van der Waals surface area contributed by atoms with Gasteiger partial charge in [0.25, 0.3) is 11.8 Å². The number of carbonyl (C=O) groups is 3. The van der Waals surface area contributed by atoms with Crippen LogP contribution < -0.4 is 10.9 Å². The molecule has 7 nitrogen and oxygen atoms in total. The quantitative estimate of drug-likeness (QED) is 0.615. The van der Waals surface area contributed by atoms with Crippen LogP contribution >= 0.6 is 11.6 Å². The first-order valence-electron chi connectivity index (χ1n) is 7.72. The predicted octanol–water partition coefficient (Wildman–Crippen LogP) is 2.28. The number of aromatic amines is 1. The Morgan fingerprint density at radius 3 is 2.64 bits per heavy atom. The van der Waals surface area contributed by atoms with Crippen molar-refractivity contribution in [1.29, 1.82) is 0 Å². The molecule has 1 aliphatic carbocycles. The summed E-state index contributed by atoms with van der Waals surface area (Å²) in [6.45, 7) is 1.69. The van der Waals surface area contributed by atoms with E-state index < -0.39 is 11.8 Å². The molecule has 25 heavy (non-hydrogen) atoms. The summed E-state index contributed by atoms with van der Waals surface area (Å²) >= 11 is 5.80. The molecule has 0 saturated carbocycles. The topological polar surface area (TPSA) is 111 Å². The lowest BCUT2D eigenvalue weighted by Gasteiger charge is -2.09. The first-order valence-corrected chi connectivity index (χ1v) is 8.10. The number of rotatable bonds is 2. The summed E-state index contributed by atoms with van der Waals surface area (Å²) < 4.78 is 0. The molecule has 0 radical (unpaired) electrons. The molecule has 0 spiro atoms. The van der Waals surface area contributed by atoms with Gasteiger partial charge in [-0.15, -0.1) is 0 Å². The standard InChI is InChI=1S/C17H16ClN3O4/c1-8-14-11(3-2-4-13(14)23)19-15(8)17(25)21-20-16(24)10-7-9(18)5-6-12(10)22/h5-7,19,22H,2-4H2,1H3,(H,20,24)(H,21,25). The van der Waals surface area contributed by atoms with Crippen molar-refractivity contribution >= 4 is 29.2 Å². The zero-order chi connectivity index (χ0) is 18.1. The molecule has 0 fully saturated rings. The lowest BCUT2D eigenvalue weighted by atomic mass is 9.94. The zero-order valence-electron chi connectivity index (χ0n) is 13.4. The molecular weight excluding hydrogens is 346 g/mol. The number of hydrogen-bond acceptors (Lipinski definition) is 4. The maximum Gasteiger partial charge on any atom is 0.286 e. The molecular formula is C17H16ClN3O4. The number of phenolic OH excluding ortho intramolecular Hbond substituents is 1. The average molecular weight is 362 g/mol. The predicted molar refractivity (Wildman–Crippen MR) is 90.8 cm³/mol. The van der Waals surface area contributed by atoms with Crippen LogP contribution in [-0.2, 0) is 6.42 Å².